The van der Waals surface area contributed by atoms with Crippen molar-refractivity contribution in [2.24, 2.45) is 0 Å². The molecule has 0 saturated carbocycles. The molecule has 1 atom stereocenters. The van der Waals surface area contributed by atoms with Crippen molar-refractivity contribution in [3.05, 3.63) is 67.2 Å². The molecular weight excluding hydrogens is 407 g/mol. The van der Waals surface area contributed by atoms with E-state index in [1.165, 1.54) is 10.8 Å². The molecular formula is C15H9Br2ClS. The summed E-state index contributed by atoms with van der Waals surface area (Å²) in [5.74, 6) is 0. The van der Waals surface area contributed by atoms with Crippen molar-refractivity contribution < 1.29 is 0 Å². The van der Waals surface area contributed by atoms with Crippen molar-refractivity contribution in [3.8, 4) is 0 Å². The van der Waals surface area contributed by atoms with E-state index < -0.39 is 0 Å². The third-order valence-electron chi connectivity index (χ3n) is 2.98. The minimum atomic E-state index is -0.114. The molecule has 0 spiro atoms. The highest BCUT2D eigenvalue weighted by molar-refractivity contribution is 9.13. The third-order valence-corrected chi connectivity index (χ3v) is 6.92. The Morgan fingerprint density at radius 3 is 2.37 bits per heavy atom. The molecule has 0 N–H and O–H groups in total. The van der Waals surface area contributed by atoms with E-state index in [0.29, 0.717) is 0 Å². The molecule has 3 aromatic rings. The minimum absolute atomic E-state index is 0.114. The predicted octanol–water partition coefficient (Wildman–Crippen LogP) is 6.75. The molecule has 96 valence electrons. The second-order valence-electron chi connectivity index (χ2n) is 4.24. The largest absolute Gasteiger partial charge is 0.130 e. The van der Waals surface area contributed by atoms with Gasteiger partial charge < -0.3 is 0 Å². The van der Waals surface area contributed by atoms with Crippen molar-refractivity contribution in [2.75, 3.05) is 0 Å². The minimum Gasteiger partial charge on any atom is -0.130 e. The molecule has 0 aliphatic rings. The van der Waals surface area contributed by atoms with Gasteiger partial charge in [-0.05, 0) is 60.3 Å². The Morgan fingerprint density at radius 2 is 1.68 bits per heavy atom. The van der Waals surface area contributed by atoms with Gasteiger partial charge in [0.2, 0.25) is 0 Å². The van der Waals surface area contributed by atoms with Gasteiger partial charge in [-0.1, -0.05) is 36.4 Å². The zero-order chi connectivity index (χ0) is 13.4. The van der Waals surface area contributed by atoms with Gasteiger partial charge in [-0.2, -0.15) is 0 Å². The number of hydrogen-bond acceptors (Lipinski definition) is 1. The van der Waals surface area contributed by atoms with Gasteiger partial charge in [0.25, 0.3) is 0 Å². The summed E-state index contributed by atoms with van der Waals surface area (Å²) >= 11 is 15.3. The van der Waals surface area contributed by atoms with E-state index in [2.05, 4.69) is 68.3 Å². The molecule has 0 radical (unpaired) electrons. The fraction of sp³-hybridized carbons (Fsp3) is 0.0667. The number of fused-ring (bicyclic) bond motifs is 1. The Morgan fingerprint density at radius 1 is 0.947 bits per heavy atom. The number of hydrogen-bond donors (Lipinski definition) is 0. The Kier molecular flexibility index (Phi) is 3.99. The molecule has 1 aromatic heterocycles. The molecule has 1 heterocycles. The molecule has 3 rings (SSSR count). The van der Waals surface area contributed by atoms with Crippen LogP contribution < -0.4 is 0 Å². The predicted molar refractivity (Wildman–Crippen MR) is 91.4 cm³/mol. The van der Waals surface area contributed by atoms with Gasteiger partial charge in [0.15, 0.2) is 0 Å². The van der Waals surface area contributed by atoms with E-state index in [0.717, 1.165) is 18.7 Å². The maximum absolute atomic E-state index is 6.59. The van der Waals surface area contributed by atoms with Crippen LogP contribution in [0.3, 0.4) is 0 Å². The zero-order valence-electron chi connectivity index (χ0n) is 9.74. The van der Waals surface area contributed by atoms with Crippen molar-refractivity contribution in [1.29, 1.82) is 0 Å². The molecule has 0 aliphatic heterocycles. The fourth-order valence-corrected chi connectivity index (χ4v) is 4.45. The van der Waals surface area contributed by atoms with E-state index in [1.54, 1.807) is 11.3 Å². The number of rotatable bonds is 2. The Hall–Kier alpha value is -0.350. The van der Waals surface area contributed by atoms with Crippen LogP contribution in [0.25, 0.3) is 10.8 Å². The zero-order valence-corrected chi connectivity index (χ0v) is 14.5. The summed E-state index contributed by atoms with van der Waals surface area (Å²) in [5, 5.41) is 2.35. The standard InChI is InChI=1S/C15H9Br2ClS/c16-12-8-13(19-15(12)17)14(18)11-6-5-9-3-1-2-4-10(9)7-11/h1-8,14H. The average molecular weight is 417 g/mol. The van der Waals surface area contributed by atoms with Gasteiger partial charge in [0.05, 0.1) is 9.16 Å². The van der Waals surface area contributed by atoms with Crippen LogP contribution in [0.1, 0.15) is 15.8 Å². The van der Waals surface area contributed by atoms with Crippen LogP contribution in [-0.4, -0.2) is 0 Å². The Bertz CT molecular complexity index is 716. The first-order valence-corrected chi connectivity index (χ1v) is 8.56. The quantitative estimate of drug-likeness (QED) is 0.405. The van der Waals surface area contributed by atoms with Crippen LogP contribution in [0.2, 0.25) is 0 Å². The van der Waals surface area contributed by atoms with Gasteiger partial charge >= 0.3 is 0 Å². The van der Waals surface area contributed by atoms with E-state index in [9.17, 15) is 0 Å². The smallest absolute Gasteiger partial charge is 0.0928 e. The second kappa shape index (κ2) is 5.57. The first-order chi connectivity index (χ1) is 9.15. The first-order valence-electron chi connectivity index (χ1n) is 5.72. The fourth-order valence-electron chi connectivity index (χ4n) is 2.02. The van der Waals surface area contributed by atoms with Gasteiger partial charge in [-0.25, -0.2) is 0 Å². The molecule has 0 amide bonds. The average Bonchev–Trinajstić information content (AvgIpc) is 2.77. The van der Waals surface area contributed by atoms with Crippen LogP contribution >= 0.6 is 54.8 Å². The lowest BCUT2D eigenvalue weighted by Crippen LogP contribution is -1.89. The van der Waals surface area contributed by atoms with Crippen LogP contribution in [0.15, 0.2) is 56.8 Å². The molecule has 1 unspecified atom stereocenters. The number of benzene rings is 2. The van der Waals surface area contributed by atoms with E-state index >= 15 is 0 Å². The lowest BCUT2D eigenvalue weighted by Gasteiger charge is -2.09. The Balaban J connectivity index is 2.03. The third kappa shape index (κ3) is 2.75. The van der Waals surface area contributed by atoms with Crippen LogP contribution in [0.4, 0.5) is 0 Å². The van der Waals surface area contributed by atoms with E-state index in [-0.39, 0.29) is 5.38 Å². The maximum Gasteiger partial charge on any atom is 0.0928 e. The molecule has 4 heteroatoms. The van der Waals surface area contributed by atoms with Crippen LogP contribution in [0, 0.1) is 0 Å². The van der Waals surface area contributed by atoms with Gasteiger partial charge in [0, 0.05) is 9.35 Å². The molecule has 19 heavy (non-hydrogen) atoms. The highest BCUT2D eigenvalue weighted by Gasteiger charge is 2.15. The second-order valence-corrected chi connectivity index (χ2v) is 7.93. The van der Waals surface area contributed by atoms with Crippen molar-refractivity contribution in [3.63, 3.8) is 0 Å². The van der Waals surface area contributed by atoms with Crippen LogP contribution in [-0.2, 0) is 0 Å². The summed E-state index contributed by atoms with van der Waals surface area (Å²) < 4.78 is 2.13. The van der Waals surface area contributed by atoms with Crippen molar-refractivity contribution in [2.45, 2.75) is 5.38 Å². The lowest BCUT2D eigenvalue weighted by atomic mass is 10.0. The SMILES string of the molecule is ClC(c1ccc2ccccc2c1)c1cc(Br)c(Br)s1. The molecule has 0 saturated heterocycles. The number of thiophene rings is 1. The monoisotopic (exact) mass is 414 g/mol. The summed E-state index contributed by atoms with van der Waals surface area (Å²) in [5.41, 5.74) is 1.13. The molecule has 0 nitrogen and oxygen atoms in total. The van der Waals surface area contributed by atoms with E-state index in [1.807, 2.05) is 12.1 Å². The molecule has 0 fully saturated rings. The highest BCUT2D eigenvalue weighted by Crippen LogP contribution is 2.40. The van der Waals surface area contributed by atoms with Crippen molar-refractivity contribution in [1.82, 2.24) is 0 Å². The number of alkyl halides is 1. The first kappa shape index (κ1) is 13.6. The lowest BCUT2D eigenvalue weighted by molar-refractivity contribution is 1.19. The normalized spacial score (nSPS) is 12.8. The topological polar surface area (TPSA) is 0 Å². The van der Waals surface area contributed by atoms with Crippen molar-refractivity contribution >= 4 is 65.6 Å². The highest BCUT2D eigenvalue weighted by atomic mass is 79.9. The summed E-state index contributed by atoms with van der Waals surface area (Å²) in [4.78, 5) is 1.13. The maximum atomic E-state index is 6.59. The van der Waals surface area contributed by atoms with Crippen LogP contribution in [0.5, 0.6) is 0 Å². The molecule has 0 bridgehead atoms. The summed E-state index contributed by atoms with van der Waals surface area (Å²) in [7, 11) is 0. The number of halogens is 3. The van der Waals surface area contributed by atoms with Gasteiger partial charge in [-0.3, -0.25) is 0 Å². The van der Waals surface area contributed by atoms with Gasteiger partial charge in [-0.15, -0.1) is 22.9 Å². The summed E-state index contributed by atoms with van der Waals surface area (Å²) in [6.45, 7) is 0. The summed E-state index contributed by atoms with van der Waals surface area (Å²) in [6.07, 6.45) is 0. The summed E-state index contributed by atoms with van der Waals surface area (Å²) in [6, 6.07) is 16.8. The van der Waals surface area contributed by atoms with Gasteiger partial charge in [0.1, 0.15) is 0 Å². The Labute approximate surface area is 137 Å². The molecule has 2 aromatic carbocycles. The molecule has 0 aliphatic carbocycles. The van der Waals surface area contributed by atoms with E-state index in [4.69, 9.17) is 11.6 Å².